The highest BCUT2D eigenvalue weighted by Gasteiger charge is 2.16. The first-order valence-corrected chi connectivity index (χ1v) is 6.65. The molecule has 1 aromatic rings. The molecule has 1 fully saturated rings. The Kier molecular flexibility index (Phi) is 4.54. The van der Waals surface area contributed by atoms with Crippen LogP contribution in [0.3, 0.4) is 0 Å². The number of aromatic amines is 1. The summed E-state index contributed by atoms with van der Waals surface area (Å²) in [7, 11) is 0. The average molecular weight is 265 g/mol. The molecule has 0 aliphatic carbocycles. The third-order valence-electron chi connectivity index (χ3n) is 3.19. The van der Waals surface area contributed by atoms with Gasteiger partial charge in [0.2, 0.25) is 11.8 Å². The molecule has 1 saturated heterocycles. The molecule has 1 aliphatic heterocycles. The van der Waals surface area contributed by atoms with Gasteiger partial charge in [0.15, 0.2) is 0 Å². The lowest BCUT2D eigenvalue weighted by Gasteiger charge is -2.14. The van der Waals surface area contributed by atoms with Crippen LogP contribution in [-0.2, 0) is 16.0 Å². The maximum absolute atomic E-state index is 11.4. The first kappa shape index (κ1) is 13.6. The van der Waals surface area contributed by atoms with Crippen molar-refractivity contribution in [3.05, 3.63) is 11.8 Å². The Morgan fingerprint density at radius 3 is 3.16 bits per heavy atom. The van der Waals surface area contributed by atoms with Gasteiger partial charge in [0.1, 0.15) is 0 Å². The number of carbonyl (C=O) groups excluding carboxylic acids is 2. The fraction of sp³-hybridized carbons (Fsp3) is 0.615. The molecule has 1 unspecified atom stereocenters. The van der Waals surface area contributed by atoms with Crippen molar-refractivity contribution in [2.24, 2.45) is 0 Å². The lowest BCUT2D eigenvalue weighted by atomic mass is 10.0. The van der Waals surface area contributed by atoms with Crippen LogP contribution in [-0.4, -0.2) is 28.1 Å². The zero-order chi connectivity index (χ0) is 13.7. The molecular formula is C13H19N3O3. The van der Waals surface area contributed by atoms with Gasteiger partial charge in [0.05, 0.1) is 0 Å². The van der Waals surface area contributed by atoms with Crippen molar-refractivity contribution in [3.63, 3.8) is 0 Å². The van der Waals surface area contributed by atoms with Gasteiger partial charge in [0, 0.05) is 31.1 Å². The molecule has 1 aromatic heterocycles. The molecule has 1 atom stereocenters. The van der Waals surface area contributed by atoms with Crippen LogP contribution in [0.25, 0.3) is 0 Å². The van der Waals surface area contributed by atoms with E-state index in [-0.39, 0.29) is 17.9 Å². The van der Waals surface area contributed by atoms with Crippen molar-refractivity contribution in [1.82, 2.24) is 15.5 Å². The van der Waals surface area contributed by atoms with Crippen LogP contribution >= 0.6 is 0 Å². The van der Waals surface area contributed by atoms with E-state index in [2.05, 4.69) is 15.5 Å². The van der Waals surface area contributed by atoms with E-state index in [0.29, 0.717) is 12.3 Å². The van der Waals surface area contributed by atoms with Gasteiger partial charge >= 0.3 is 5.97 Å². The molecule has 1 aliphatic rings. The zero-order valence-corrected chi connectivity index (χ0v) is 11.1. The number of nitrogens with zero attached hydrogens (tertiary/aromatic N) is 1. The Bertz CT molecular complexity index is 456. The maximum Gasteiger partial charge on any atom is 0.309 e. The molecule has 2 rings (SSSR count). The number of aryl methyl sites for hydroxylation is 1. The van der Waals surface area contributed by atoms with Crippen LogP contribution in [0.1, 0.15) is 44.7 Å². The summed E-state index contributed by atoms with van der Waals surface area (Å²) in [6.45, 7) is 1.34. The van der Waals surface area contributed by atoms with E-state index in [1.807, 2.05) is 0 Å². The van der Waals surface area contributed by atoms with E-state index in [1.54, 1.807) is 6.07 Å². The van der Waals surface area contributed by atoms with Crippen LogP contribution in [0.15, 0.2) is 6.07 Å². The summed E-state index contributed by atoms with van der Waals surface area (Å²) in [4.78, 5) is 22.2. The fourth-order valence-electron chi connectivity index (χ4n) is 2.26. The average Bonchev–Trinajstić information content (AvgIpc) is 2.67. The van der Waals surface area contributed by atoms with E-state index >= 15 is 0 Å². The molecule has 0 bridgehead atoms. The second-order valence-corrected chi connectivity index (χ2v) is 4.87. The minimum atomic E-state index is -0.380. The normalized spacial score (nSPS) is 19.6. The Morgan fingerprint density at radius 2 is 2.37 bits per heavy atom. The highest BCUT2D eigenvalue weighted by molar-refractivity contribution is 5.76. The molecule has 2 heterocycles. The number of hydrogen-bond acceptors (Lipinski definition) is 4. The molecule has 0 aromatic carbocycles. The summed E-state index contributed by atoms with van der Waals surface area (Å²) >= 11 is 0. The van der Waals surface area contributed by atoms with Gasteiger partial charge in [0.25, 0.3) is 0 Å². The Morgan fingerprint density at radius 1 is 1.53 bits per heavy atom. The summed E-state index contributed by atoms with van der Waals surface area (Å²) < 4.78 is 4.87. The van der Waals surface area contributed by atoms with Gasteiger partial charge in [-0.1, -0.05) is 6.42 Å². The standard InChI is InChI=1S/C13H19N3O3/c1-9(17)19-13-8-11(15-16-13)7-6-10-4-2-3-5-12(18)14-10/h8,10H,2-7H2,1H3,(H,14,18)(H,15,16). The smallest absolute Gasteiger partial charge is 0.309 e. The summed E-state index contributed by atoms with van der Waals surface area (Å²) in [6, 6.07) is 1.95. The number of nitrogens with one attached hydrogen (secondary N) is 2. The van der Waals surface area contributed by atoms with E-state index in [9.17, 15) is 9.59 Å². The molecule has 0 spiro atoms. The van der Waals surface area contributed by atoms with Crippen LogP contribution in [0.4, 0.5) is 0 Å². The third-order valence-corrected chi connectivity index (χ3v) is 3.19. The molecule has 104 valence electrons. The van der Waals surface area contributed by atoms with Gasteiger partial charge in [-0.3, -0.25) is 14.7 Å². The fourth-order valence-corrected chi connectivity index (χ4v) is 2.26. The van der Waals surface area contributed by atoms with Gasteiger partial charge in [-0.15, -0.1) is 5.10 Å². The highest BCUT2D eigenvalue weighted by Crippen LogP contribution is 2.15. The number of rotatable bonds is 4. The lowest BCUT2D eigenvalue weighted by Crippen LogP contribution is -2.33. The van der Waals surface area contributed by atoms with Crippen LogP contribution in [0.5, 0.6) is 5.88 Å². The predicted octanol–water partition coefficient (Wildman–Crippen LogP) is 1.33. The Labute approximate surface area is 111 Å². The molecule has 0 radical (unpaired) electrons. The number of carbonyl (C=O) groups is 2. The lowest BCUT2D eigenvalue weighted by molar-refractivity contribution is -0.132. The molecule has 6 nitrogen and oxygen atoms in total. The SMILES string of the molecule is CC(=O)Oc1cc(CCC2CCCCC(=O)N2)[nH]n1. The van der Waals surface area contributed by atoms with Crippen LogP contribution in [0.2, 0.25) is 0 Å². The van der Waals surface area contributed by atoms with Crippen molar-refractivity contribution in [1.29, 1.82) is 0 Å². The number of hydrogen-bond donors (Lipinski definition) is 2. The molecule has 0 saturated carbocycles. The Hall–Kier alpha value is -1.85. The molecular weight excluding hydrogens is 246 g/mol. The predicted molar refractivity (Wildman–Crippen MR) is 68.6 cm³/mol. The van der Waals surface area contributed by atoms with E-state index in [1.165, 1.54) is 6.92 Å². The third kappa shape index (κ3) is 4.39. The minimum absolute atomic E-state index is 0.146. The van der Waals surface area contributed by atoms with Crippen molar-refractivity contribution in [3.8, 4) is 5.88 Å². The summed E-state index contributed by atoms with van der Waals surface area (Å²) in [5, 5.41) is 9.77. The minimum Gasteiger partial charge on any atom is -0.406 e. The largest absolute Gasteiger partial charge is 0.406 e. The van der Waals surface area contributed by atoms with Crippen molar-refractivity contribution < 1.29 is 14.3 Å². The molecule has 1 amide bonds. The number of amides is 1. The molecule has 19 heavy (non-hydrogen) atoms. The quantitative estimate of drug-likeness (QED) is 0.804. The summed E-state index contributed by atoms with van der Waals surface area (Å²) in [6.07, 6.45) is 5.37. The zero-order valence-electron chi connectivity index (χ0n) is 11.1. The van der Waals surface area contributed by atoms with Gasteiger partial charge in [-0.2, -0.15) is 0 Å². The highest BCUT2D eigenvalue weighted by atomic mass is 16.5. The number of esters is 1. The maximum atomic E-state index is 11.4. The van der Waals surface area contributed by atoms with Crippen molar-refractivity contribution in [2.75, 3.05) is 0 Å². The van der Waals surface area contributed by atoms with Crippen molar-refractivity contribution >= 4 is 11.9 Å². The van der Waals surface area contributed by atoms with Gasteiger partial charge < -0.3 is 10.1 Å². The first-order chi connectivity index (χ1) is 9.13. The topological polar surface area (TPSA) is 84.1 Å². The first-order valence-electron chi connectivity index (χ1n) is 6.65. The Balaban J connectivity index is 1.82. The molecule has 2 N–H and O–H groups in total. The summed E-state index contributed by atoms with van der Waals surface area (Å²) in [5.74, 6) is 0.0641. The van der Waals surface area contributed by atoms with Gasteiger partial charge in [-0.05, 0) is 25.7 Å². The number of aromatic nitrogens is 2. The number of ether oxygens (including phenoxy) is 1. The van der Waals surface area contributed by atoms with Gasteiger partial charge in [-0.25, -0.2) is 0 Å². The van der Waals surface area contributed by atoms with Crippen LogP contribution < -0.4 is 10.1 Å². The van der Waals surface area contributed by atoms with E-state index in [4.69, 9.17) is 4.74 Å². The molecule has 6 heteroatoms. The second kappa shape index (κ2) is 6.36. The van der Waals surface area contributed by atoms with E-state index < -0.39 is 0 Å². The van der Waals surface area contributed by atoms with Crippen molar-refractivity contribution in [2.45, 2.75) is 51.5 Å². The second-order valence-electron chi connectivity index (χ2n) is 4.87. The van der Waals surface area contributed by atoms with Crippen LogP contribution in [0, 0.1) is 0 Å². The van der Waals surface area contributed by atoms with E-state index in [0.717, 1.165) is 37.8 Å². The number of H-pyrrole nitrogens is 1. The monoisotopic (exact) mass is 265 g/mol. The summed E-state index contributed by atoms with van der Waals surface area (Å²) in [5.41, 5.74) is 0.912.